The van der Waals surface area contributed by atoms with Crippen molar-refractivity contribution < 1.29 is 17.9 Å². The molecule has 4 heteroatoms. The molecule has 103 valence electrons. The molecule has 0 aliphatic carbocycles. The Labute approximate surface area is 103 Å². The molecule has 0 fully saturated rings. The lowest BCUT2D eigenvalue weighted by atomic mass is 10.1. The van der Waals surface area contributed by atoms with Crippen LogP contribution in [0.15, 0.2) is 0 Å². The van der Waals surface area contributed by atoms with Gasteiger partial charge in [-0.1, -0.05) is 45.4 Å². The predicted octanol–water partition coefficient (Wildman–Crippen LogP) is 4.91. The molecule has 0 heterocycles. The molecular formula is C13H24F3O. The minimum absolute atomic E-state index is 0.0764. The van der Waals surface area contributed by atoms with Gasteiger partial charge >= 0.3 is 6.18 Å². The van der Waals surface area contributed by atoms with Gasteiger partial charge in [0.25, 0.3) is 0 Å². The maximum atomic E-state index is 11.8. The van der Waals surface area contributed by atoms with E-state index in [1.807, 2.05) is 0 Å². The third-order valence-electron chi connectivity index (χ3n) is 2.54. The molecule has 0 aromatic rings. The first-order valence-corrected chi connectivity index (χ1v) is 6.50. The summed E-state index contributed by atoms with van der Waals surface area (Å²) in [7, 11) is 0. The molecule has 1 nitrogen and oxygen atoms in total. The van der Waals surface area contributed by atoms with E-state index >= 15 is 0 Å². The van der Waals surface area contributed by atoms with Crippen LogP contribution in [0.1, 0.15) is 57.8 Å². The summed E-state index contributed by atoms with van der Waals surface area (Å²) in [4.78, 5) is 0. The van der Waals surface area contributed by atoms with Crippen molar-refractivity contribution in [3.63, 3.8) is 0 Å². The molecule has 0 aromatic carbocycles. The van der Waals surface area contributed by atoms with Gasteiger partial charge in [0.1, 0.15) is 0 Å². The molecule has 0 saturated carbocycles. The van der Waals surface area contributed by atoms with Gasteiger partial charge in [0.2, 0.25) is 0 Å². The predicted molar refractivity (Wildman–Crippen MR) is 63.8 cm³/mol. The summed E-state index contributed by atoms with van der Waals surface area (Å²) < 4.78 is 40.5. The van der Waals surface area contributed by atoms with Gasteiger partial charge in [-0.05, 0) is 12.8 Å². The highest BCUT2D eigenvalue weighted by molar-refractivity contribution is 4.50. The van der Waals surface area contributed by atoms with E-state index < -0.39 is 12.6 Å². The fourth-order valence-electron chi connectivity index (χ4n) is 1.56. The van der Waals surface area contributed by atoms with E-state index in [9.17, 15) is 13.2 Å². The summed E-state index contributed by atoms with van der Waals surface area (Å²) in [5.74, 6) is 0. The highest BCUT2D eigenvalue weighted by Gasteiger charge is 2.25. The van der Waals surface area contributed by atoms with Crippen LogP contribution >= 0.6 is 0 Å². The second-order valence-electron chi connectivity index (χ2n) is 4.31. The quantitative estimate of drug-likeness (QED) is 0.475. The Morgan fingerprint density at radius 3 is 1.88 bits per heavy atom. The molecule has 0 aliphatic rings. The second kappa shape index (κ2) is 10.9. The molecule has 17 heavy (non-hydrogen) atoms. The third-order valence-corrected chi connectivity index (χ3v) is 2.54. The van der Waals surface area contributed by atoms with Gasteiger partial charge in [-0.25, -0.2) is 0 Å². The van der Waals surface area contributed by atoms with Crippen LogP contribution in [0.4, 0.5) is 13.2 Å². The highest BCUT2D eigenvalue weighted by Crippen LogP contribution is 2.21. The first-order chi connectivity index (χ1) is 8.06. The van der Waals surface area contributed by atoms with Crippen molar-refractivity contribution in [2.24, 2.45) is 0 Å². The fourth-order valence-corrected chi connectivity index (χ4v) is 1.56. The highest BCUT2D eigenvalue weighted by atomic mass is 19.4. The van der Waals surface area contributed by atoms with E-state index in [0.717, 1.165) is 19.3 Å². The van der Waals surface area contributed by atoms with Crippen molar-refractivity contribution in [3.8, 4) is 0 Å². The van der Waals surface area contributed by atoms with Gasteiger partial charge in [0.05, 0.1) is 0 Å². The maximum absolute atomic E-state index is 11.8. The number of ether oxygens (including phenoxy) is 1. The van der Waals surface area contributed by atoms with Gasteiger partial charge in [0.15, 0.2) is 0 Å². The molecule has 0 atom stereocenters. The average molecular weight is 253 g/mol. The molecule has 0 bridgehead atoms. The van der Waals surface area contributed by atoms with Crippen molar-refractivity contribution in [2.45, 2.75) is 64.0 Å². The lowest BCUT2D eigenvalue weighted by molar-refractivity contribution is -0.137. The second-order valence-corrected chi connectivity index (χ2v) is 4.31. The lowest BCUT2D eigenvalue weighted by Crippen LogP contribution is -2.09. The molecule has 0 rings (SSSR count). The third kappa shape index (κ3) is 15.8. The Morgan fingerprint density at radius 2 is 1.29 bits per heavy atom. The monoisotopic (exact) mass is 253 g/mol. The fraction of sp³-hybridized carbons (Fsp3) is 0.923. The molecule has 0 spiro atoms. The molecule has 0 unspecified atom stereocenters. The van der Waals surface area contributed by atoms with E-state index in [4.69, 9.17) is 4.74 Å². The van der Waals surface area contributed by atoms with Gasteiger partial charge in [0, 0.05) is 19.6 Å². The summed E-state index contributed by atoms with van der Waals surface area (Å²) in [5.41, 5.74) is 0. The van der Waals surface area contributed by atoms with Crippen LogP contribution in [0.5, 0.6) is 0 Å². The average Bonchev–Trinajstić information content (AvgIpc) is 2.24. The van der Waals surface area contributed by atoms with Gasteiger partial charge < -0.3 is 4.74 Å². The lowest BCUT2D eigenvalue weighted by Gasteiger charge is -2.06. The summed E-state index contributed by atoms with van der Waals surface area (Å²) in [6.45, 7) is 4.59. The summed E-state index contributed by atoms with van der Waals surface area (Å²) in [5, 5.41) is 0. The summed E-state index contributed by atoms with van der Waals surface area (Å²) in [6, 6.07) is 0. The number of hydrogen-bond donors (Lipinski definition) is 0. The number of hydrogen-bond acceptors (Lipinski definition) is 1. The molecule has 0 N–H and O–H groups in total. The SMILES string of the molecule is [CH2]CCCCCCCCOCCCC(F)(F)F. The zero-order valence-electron chi connectivity index (χ0n) is 10.5. The normalized spacial score (nSPS) is 12.0. The Kier molecular flexibility index (Phi) is 10.7. The van der Waals surface area contributed by atoms with Crippen LogP contribution in [0.2, 0.25) is 0 Å². The molecule has 0 saturated heterocycles. The Bertz CT molecular complexity index is 157. The van der Waals surface area contributed by atoms with Gasteiger partial charge in [-0.2, -0.15) is 13.2 Å². The van der Waals surface area contributed by atoms with Gasteiger partial charge in [-0.15, -0.1) is 0 Å². The first-order valence-electron chi connectivity index (χ1n) is 6.50. The maximum Gasteiger partial charge on any atom is 0.389 e. The zero-order valence-corrected chi connectivity index (χ0v) is 10.5. The standard InChI is InChI=1S/C13H24F3O/c1-2-3-4-5-6-7-8-11-17-12-9-10-13(14,15)16/h1-12H2. The van der Waals surface area contributed by atoms with Crippen LogP contribution in [0.25, 0.3) is 0 Å². The van der Waals surface area contributed by atoms with Crippen LogP contribution in [-0.4, -0.2) is 19.4 Å². The number of rotatable bonds is 11. The summed E-state index contributed by atoms with van der Waals surface area (Å²) >= 11 is 0. The number of unbranched alkanes of at least 4 members (excludes halogenated alkanes) is 6. The van der Waals surface area contributed by atoms with E-state index in [2.05, 4.69) is 6.92 Å². The van der Waals surface area contributed by atoms with E-state index in [1.165, 1.54) is 25.7 Å². The topological polar surface area (TPSA) is 9.23 Å². The molecular weight excluding hydrogens is 229 g/mol. The largest absolute Gasteiger partial charge is 0.389 e. The smallest absolute Gasteiger partial charge is 0.381 e. The minimum atomic E-state index is -4.04. The van der Waals surface area contributed by atoms with Crippen LogP contribution < -0.4 is 0 Å². The van der Waals surface area contributed by atoms with Crippen molar-refractivity contribution in [2.75, 3.05) is 13.2 Å². The Balaban J connectivity index is 2.99. The zero-order chi connectivity index (χ0) is 13.0. The van der Waals surface area contributed by atoms with Crippen molar-refractivity contribution in [1.29, 1.82) is 0 Å². The van der Waals surface area contributed by atoms with E-state index in [0.29, 0.717) is 6.61 Å². The number of halogens is 3. The van der Waals surface area contributed by atoms with Crippen LogP contribution in [0.3, 0.4) is 0 Å². The summed E-state index contributed by atoms with van der Waals surface area (Å²) in [6.07, 6.45) is 3.19. The Morgan fingerprint density at radius 1 is 0.765 bits per heavy atom. The van der Waals surface area contributed by atoms with Crippen molar-refractivity contribution in [3.05, 3.63) is 6.92 Å². The van der Waals surface area contributed by atoms with Crippen LogP contribution in [-0.2, 0) is 4.74 Å². The molecule has 0 amide bonds. The number of alkyl halides is 3. The molecule has 0 aliphatic heterocycles. The Hall–Kier alpha value is -0.250. The van der Waals surface area contributed by atoms with E-state index in [-0.39, 0.29) is 13.0 Å². The molecule has 0 aromatic heterocycles. The van der Waals surface area contributed by atoms with Crippen molar-refractivity contribution in [1.82, 2.24) is 0 Å². The molecule has 1 radical (unpaired) electrons. The first kappa shape index (κ1) is 16.8. The van der Waals surface area contributed by atoms with Crippen molar-refractivity contribution >= 4 is 0 Å². The minimum Gasteiger partial charge on any atom is -0.381 e. The van der Waals surface area contributed by atoms with Crippen LogP contribution in [0, 0.1) is 6.92 Å². The van der Waals surface area contributed by atoms with Gasteiger partial charge in [-0.3, -0.25) is 0 Å². The van der Waals surface area contributed by atoms with E-state index in [1.54, 1.807) is 0 Å².